The molecule has 94 valence electrons. The van der Waals surface area contributed by atoms with E-state index in [1.807, 2.05) is 17.5 Å². The zero-order valence-electron chi connectivity index (χ0n) is 9.96. The highest BCUT2D eigenvalue weighted by molar-refractivity contribution is 7.21. The van der Waals surface area contributed by atoms with Crippen LogP contribution in [0.5, 0.6) is 0 Å². The smallest absolute Gasteiger partial charge is 0.349 e. The van der Waals surface area contributed by atoms with Crippen molar-refractivity contribution in [2.24, 2.45) is 11.8 Å². The van der Waals surface area contributed by atoms with Gasteiger partial charge in [0.05, 0.1) is 17.7 Å². The number of hydrogen-bond acceptors (Lipinski definition) is 5. The minimum absolute atomic E-state index is 0.241. The number of rotatable bonds is 4. The molecule has 2 unspecified atom stereocenters. The van der Waals surface area contributed by atoms with Gasteiger partial charge in [-0.1, -0.05) is 13.0 Å². The molecule has 5 heteroatoms. The molecule has 2 aromatic rings. The normalized spacial score (nSPS) is 21.8. The maximum absolute atomic E-state index is 11.8. The molecule has 0 saturated heterocycles. The molecule has 1 aliphatic carbocycles. The number of aromatic nitrogens is 1. The van der Waals surface area contributed by atoms with Crippen molar-refractivity contribution in [3.05, 3.63) is 28.6 Å². The van der Waals surface area contributed by atoms with Crippen molar-refractivity contribution in [2.75, 3.05) is 6.61 Å². The van der Waals surface area contributed by atoms with Crippen molar-refractivity contribution in [1.82, 2.24) is 4.98 Å². The Kier molecular flexibility index (Phi) is 3.18. The summed E-state index contributed by atoms with van der Waals surface area (Å²) in [6, 6.07) is 3.98. The Hall–Kier alpha value is -1.20. The van der Waals surface area contributed by atoms with Gasteiger partial charge < -0.3 is 4.74 Å². The van der Waals surface area contributed by atoms with Crippen LogP contribution in [0.15, 0.2) is 23.7 Å². The molecule has 1 saturated carbocycles. The van der Waals surface area contributed by atoms with Crippen LogP contribution in [0.3, 0.4) is 0 Å². The third kappa shape index (κ3) is 2.47. The Morgan fingerprint density at radius 3 is 3.11 bits per heavy atom. The van der Waals surface area contributed by atoms with E-state index in [4.69, 9.17) is 4.74 Å². The summed E-state index contributed by atoms with van der Waals surface area (Å²) in [5.41, 5.74) is 0. The number of thiophene rings is 1. The molecule has 3 nitrogen and oxygen atoms in total. The van der Waals surface area contributed by atoms with Gasteiger partial charge in [0.1, 0.15) is 9.88 Å². The van der Waals surface area contributed by atoms with E-state index in [1.54, 1.807) is 17.5 Å². The first-order chi connectivity index (χ1) is 8.74. The standard InChI is InChI=1S/C13H13NO2S2/c1-8-5-9(8)7-16-13(15)11-6-14-12(18-11)10-3-2-4-17-10/h2-4,6,8-9H,5,7H2,1H3. The van der Waals surface area contributed by atoms with Crippen molar-refractivity contribution >= 4 is 28.6 Å². The SMILES string of the molecule is CC1CC1COC(=O)c1cnc(-c2cccs2)s1. The number of ether oxygens (including phenoxy) is 1. The fourth-order valence-corrected chi connectivity index (χ4v) is 3.38. The van der Waals surface area contributed by atoms with Gasteiger partial charge in [0.15, 0.2) is 0 Å². The fraction of sp³-hybridized carbons (Fsp3) is 0.385. The number of esters is 1. The van der Waals surface area contributed by atoms with E-state index in [0.29, 0.717) is 23.3 Å². The van der Waals surface area contributed by atoms with Gasteiger partial charge in [-0.25, -0.2) is 9.78 Å². The lowest BCUT2D eigenvalue weighted by atomic mass is 10.4. The van der Waals surface area contributed by atoms with Crippen molar-refractivity contribution in [3.8, 4) is 9.88 Å². The second-order valence-electron chi connectivity index (χ2n) is 4.58. The van der Waals surface area contributed by atoms with Crippen molar-refractivity contribution in [2.45, 2.75) is 13.3 Å². The van der Waals surface area contributed by atoms with Gasteiger partial charge in [0.25, 0.3) is 0 Å². The molecule has 3 rings (SSSR count). The van der Waals surface area contributed by atoms with Gasteiger partial charge in [-0.05, 0) is 29.7 Å². The van der Waals surface area contributed by atoms with Crippen LogP contribution < -0.4 is 0 Å². The summed E-state index contributed by atoms with van der Waals surface area (Å²) >= 11 is 3.02. The van der Waals surface area contributed by atoms with Crippen molar-refractivity contribution in [3.63, 3.8) is 0 Å². The lowest BCUT2D eigenvalue weighted by Crippen LogP contribution is -2.06. The van der Waals surface area contributed by atoms with Crippen LogP contribution in [-0.2, 0) is 4.74 Å². The van der Waals surface area contributed by atoms with Gasteiger partial charge in [-0.15, -0.1) is 22.7 Å². The zero-order valence-corrected chi connectivity index (χ0v) is 11.6. The Balaban J connectivity index is 1.63. The summed E-state index contributed by atoms with van der Waals surface area (Å²) in [5, 5.41) is 2.89. The Bertz CT molecular complexity index is 547. The zero-order chi connectivity index (χ0) is 12.5. The second-order valence-corrected chi connectivity index (χ2v) is 6.56. The molecule has 1 aliphatic rings. The van der Waals surface area contributed by atoms with E-state index in [9.17, 15) is 4.79 Å². The van der Waals surface area contributed by atoms with Crippen LogP contribution in [0.4, 0.5) is 0 Å². The molecule has 0 spiro atoms. The third-order valence-corrected chi connectivity index (χ3v) is 5.16. The molecule has 0 radical (unpaired) electrons. The number of nitrogens with zero attached hydrogens (tertiary/aromatic N) is 1. The lowest BCUT2D eigenvalue weighted by molar-refractivity contribution is 0.0487. The van der Waals surface area contributed by atoms with Crippen LogP contribution in [-0.4, -0.2) is 17.6 Å². The van der Waals surface area contributed by atoms with Crippen LogP contribution in [0.25, 0.3) is 9.88 Å². The van der Waals surface area contributed by atoms with E-state index in [1.165, 1.54) is 17.8 Å². The van der Waals surface area contributed by atoms with E-state index >= 15 is 0 Å². The molecule has 0 N–H and O–H groups in total. The van der Waals surface area contributed by atoms with Gasteiger partial charge >= 0.3 is 5.97 Å². The van der Waals surface area contributed by atoms with E-state index < -0.39 is 0 Å². The molecule has 0 aliphatic heterocycles. The molecule has 0 amide bonds. The highest BCUT2D eigenvalue weighted by Crippen LogP contribution is 2.38. The minimum Gasteiger partial charge on any atom is -0.461 e. The van der Waals surface area contributed by atoms with E-state index in [-0.39, 0.29) is 5.97 Å². The average Bonchev–Trinajstić information content (AvgIpc) is 2.83. The molecule has 18 heavy (non-hydrogen) atoms. The summed E-state index contributed by atoms with van der Waals surface area (Å²) in [6.07, 6.45) is 2.79. The minimum atomic E-state index is -0.241. The summed E-state index contributed by atoms with van der Waals surface area (Å²) in [6.45, 7) is 2.73. The molecule has 1 fully saturated rings. The topological polar surface area (TPSA) is 39.2 Å². The molecular formula is C13H13NO2S2. The van der Waals surface area contributed by atoms with Crippen molar-refractivity contribution in [1.29, 1.82) is 0 Å². The number of carbonyl (C=O) groups is 1. The van der Waals surface area contributed by atoms with Crippen LogP contribution in [0.2, 0.25) is 0 Å². The van der Waals surface area contributed by atoms with Crippen LogP contribution in [0.1, 0.15) is 23.0 Å². The highest BCUT2D eigenvalue weighted by Gasteiger charge is 2.33. The monoisotopic (exact) mass is 279 g/mol. The summed E-state index contributed by atoms with van der Waals surface area (Å²) in [5.74, 6) is 1.04. The number of hydrogen-bond donors (Lipinski definition) is 0. The number of carbonyl (C=O) groups excluding carboxylic acids is 1. The maximum Gasteiger partial charge on any atom is 0.349 e. The maximum atomic E-state index is 11.8. The number of thiazole rings is 1. The molecule has 0 bridgehead atoms. The first kappa shape index (κ1) is 11.9. The van der Waals surface area contributed by atoms with Crippen LogP contribution >= 0.6 is 22.7 Å². The van der Waals surface area contributed by atoms with E-state index in [2.05, 4.69) is 11.9 Å². The van der Waals surface area contributed by atoms with Gasteiger partial charge in [-0.2, -0.15) is 0 Å². The van der Waals surface area contributed by atoms with Gasteiger partial charge in [-0.3, -0.25) is 0 Å². The van der Waals surface area contributed by atoms with Gasteiger partial charge in [0.2, 0.25) is 0 Å². The Morgan fingerprint density at radius 1 is 1.61 bits per heavy atom. The molecule has 0 aromatic carbocycles. The Morgan fingerprint density at radius 2 is 2.44 bits per heavy atom. The second kappa shape index (κ2) is 4.82. The summed E-state index contributed by atoms with van der Waals surface area (Å²) in [7, 11) is 0. The predicted octanol–water partition coefficient (Wildman–Crippen LogP) is 3.68. The first-order valence-corrected chi connectivity index (χ1v) is 7.60. The predicted molar refractivity (Wildman–Crippen MR) is 73.0 cm³/mol. The van der Waals surface area contributed by atoms with Crippen LogP contribution in [0, 0.1) is 11.8 Å². The van der Waals surface area contributed by atoms with Gasteiger partial charge in [0, 0.05) is 0 Å². The lowest BCUT2D eigenvalue weighted by Gasteiger charge is -2.00. The average molecular weight is 279 g/mol. The Labute approximate surface area is 113 Å². The first-order valence-electron chi connectivity index (χ1n) is 5.91. The summed E-state index contributed by atoms with van der Waals surface area (Å²) in [4.78, 5) is 17.8. The highest BCUT2D eigenvalue weighted by atomic mass is 32.1. The largest absolute Gasteiger partial charge is 0.461 e. The fourth-order valence-electron chi connectivity index (χ4n) is 1.77. The third-order valence-electron chi connectivity index (χ3n) is 3.14. The quantitative estimate of drug-likeness (QED) is 0.801. The molecule has 2 aromatic heterocycles. The molecular weight excluding hydrogens is 266 g/mol. The van der Waals surface area contributed by atoms with E-state index in [0.717, 1.165) is 9.88 Å². The molecule has 2 heterocycles. The van der Waals surface area contributed by atoms with Crippen molar-refractivity contribution < 1.29 is 9.53 Å². The molecule has 2 atom stereocenters. The summed E-state index contributed by atoms with van der Waals surface area (Å²) < 4.78 is 5.29.